The molecule has 0 fully saturated rings. The van der Waals surface area contributed by atoms with E-state index in [4.69, 9.17) is 9.47 Å². The predicted molar refractivity (Wildman–Crippen MR) is 146 cm³/mol. The molecule has 41 heavy (non-hydrogen) atoms. The van der Waals surface area contributed by atoms with Gasteiger partial charge in [-0.1, -0.05) is 18.2 Å². The van der Waals surface area contributed by atoms with Gasteiger partial charge in [-0.05, 0) is 70.4 Å². The number of benzene rings is 2. The molecule has 4 rings (SSSR count). The van der Waals surface area contributed by atoms with Crippen molar-refractivity contribution in [2.75, 3.05) is 32.9 Å². The second-order valence-corrected chi connectivity index (χ2v) is 11.3. The fourth-order valence-electron chi connectivity index (χ4n) is 5.26. The molecule has 1 aliphatic rings. The summed E-state index contributed by atoms with van der Waals surface area (Å²) in [7, 11) is 0. The maximum Gasteiger partial charge on any atom is 0.410 e. The maximum absolute atomic E-state index is 15.4. The molecule has 1 aromatic heterocycles. The Balaban J connectivity index is 1.62. The van der Waals surface area contributed by atoms with Crippen LogP contribution in [0.1, 0.15) is 57.0 Å². The molecular weight excluding hydrogens is 545 g/mol. The Hall–Kier alpha value is -3.34. The zero-order chi connectivity index (χ0) is 29.9. The number of alkyl halides is 4. The number of aromatic nitrogens is 1. The van der Waals surface area contributed by atoms with Crippen LogP contribution in [-0.2, 0) is 11.2 Å². The number of fused-ring (bicyclic) bond motifs is 3. The van der Waals surface area contributed by atoms with E-state index in [1.54, 1.807) is 27.7 Å². The SMILES string of the molecule is C[C@@H]1Cc2c([nH]c3ccccc23)[C@@H](c2cc(OCCN(CCCF)C(=O)OC(C)(C)C)ccc2F)N1CC(F)(F)F. The van der Waals surface area contributed by atoms with Crippen molar-refractivity contribution in [2.45, 2.75) is 64.4 Å². The highest BCUT2D eigenvalue weighted by Gasteiger charge is 2.42. The first-order valence-corrected chi connectivity index (χ1v) is 13.7. The number of H-pyrrole nitrogens is 1. The molecule has 3 aromatic rings. The highest BCUT2D eigenvalue weighted by atomic mass is 19.4. The van der Waals surface area contributed by atoms with Crippen LogP contribution in [-0.4, -0.2) is 71.6 Å². The average Bonchev–Trinajstić information content (AvgIpc) is 3.24. The summed E-state index contributed by atoms with van der Waals surface area (Å²) in [5, 5.41) is 0.898. The topological polar surface area (TPSA) is 57.8 Å². The molecule has 6 nitrogen and oxygen atoms in total. The number of halogens is 5. The summed E-state index contributed by atoms with van der Waals surface area (Å²) in [5.41, 5.74) is 1.47. The Morgan fingerprint density at radius 2 is 1.85 bits per heavy atom. The zero-order valence-corrected chi connectivity index (χ0v) is 23.7. The number of aromatic amines is 1. The molecule has 0 bridgehead atoms. The number of hydrogen-bond donors (Lipinski definition) is 1. The van der Waals surface area contributed by atoms with Gasteiger partial charge in [0.05, 0.1) is 25.8 Å². The standard InChI is InChI=1S/C30H36F5N3O3/c1-19-16-22-21-8-5-6-9-25(21)36-26(22)27(38(19)18-30(33,34)35)23-17-20(10-11-24(23)32)40-15-14-37(13-7-12-31)28(39)41-29(2,3)4/h5-6,8-11,17,19,27,36H,7,12-16,18H2,1-4H3/t19-,27-/m1/s1. The van der Waals surface area contributed by atoms with Crippen LogP contribution in [0.25, 0.3) is 10.9 Å². The van der Waals surface area contributed by atoms with Crippen molar-refractivity contribution >= 4 is 17.0 Å². The molecule has 11 heteroatoms. The molecule has 1 N–H and O–H groups in total. The minimum Gasteiger partial charge on any atom is -0.492 e. The second-order valence-electron chi connectivity index (χ2n) is 11.3. The molecule has 0 unspecified atom stereocenters. The highest BCUT2D eigenvalue weighted by molar-refractivity contribution is 5.85. The smallest absolute Gasteiger partial charge is 0.410 e. The van der Waals surface area contributed by atoms with Crippen molar-refractivity contribution in [1.29, 1.82) is 0 Å². The molecule has 2 aromatic carbocycles. The third-order valence-electron chi connectivity index (χ3n) is 6.98. The quantitative estimate of drug-likeness (QED) is 0.272. The molecule has 0 saturated carbocycles. The van der Waals surface area contributed by atoms with Gasteiger partial charge in [0, 0.05) is 34.7 Å². The molecule has 0 saturated heterocycles. The normalized spacial score (nSPS) is 17.9. The van der Waals surface area contributed by atoms with Crippen molar-refractivity contribution in [2.24, 2.45) is 0 Å². The molecule has 1 aliphatic heterocycles. The molecule has 2 atom stereocenters. The summed E-state index contributed by atoms with van der Waals surface area (Å²) >= 11 is 0. The van der Waals surface area contributed by atoms with Gasteiger partial charge in [0.25, 0.3) is 0 Å². The third-order valence-corrected chi connectivity index (χ3v) is 6.98. The van der Waals surface area contributed by atoms with Crippen molar-refractivity contribution < 1.29 is 36.2 Å². The van der Waals surface area contributed by atoms with Gasteiger partial charge in [0.15, 0.2) is 0 Å². The Morgan fingerprint density at radius 3 is 2.54 bits per heavy atom. The summed E-state index contributed by atoms with van der Waals surface area (Å²) in [6, 6.07) is 9.88. The van der Waals surface area contributed by atoms with E-state index in [1.165, 1.54) is 28.0 Å². The summed E-state index contributed by atoms with van der Waals surface area (Å²) < 4.78 is 80.6. The number of amides is 1. The Kier molecular flexibility index (Phi) is 9.16. The number of nitrogens with zero attached hydrogens (tertiary/aromatic N) is 2. The number of ether oxygens (including phenoxy) is 2. The van der Waals surface area contributed by atoms with Gasteiger partial charge in [-0.25, -0.2) is 9.18 Å². The second kappa shape index (κ2) is 12.3. The van der Waals surface area contributed by atoms with Crippen LogP contribution in [0.3, 0.4) is 0 Å². The zero-order valence-electron chi connectivity index (χ0n) is 23.7. The predicted octanol–water partition coefficient (Wildman–Crippen LogP) is 7.18. The van der Waals surface area contributed by atoms with Crippen molar-refractivity contribution in [1.82, 2.24) is 14.8 Å². The van der Waals surface area contributed by atoms with Crippen LogP contribution in [0.4, 0.5) is 26.7 Å². The van der Waals surface area contributed by atoms with Crippen molar-refractivity contribution in [3.05, 3.63) is 65.1 Å². The van der Waals surface area contributed by atoms with Gasteiger partial charge in [0.2, 0.25) is 0 Å². The Labute approximate surface area is 236 Å². The summed E-state index contributed by atoms with van der Waals surface area (Å²) in [6.45, 7) is 5.26. The molecule has 0 radical (unpaired) electrons. The summed E-state index contributed by atoms with van der Waals surface area (Å²) in [4.78, 5) is 18.4. The van der Waals surface area contributed by atoms with Crippen LogP contribution < -0.4 is 4.74 Å². The largest absolute Gasteiger partial charge is 0.492 e. The van der Waals surface area contributed by atoms with Gasteiger partial charge in [-0.3, -0.25) is 9.29 Å². The van der Waals surface area contributed by atoms with Gasteiger partial charge in [0.1, 0.15) is 23.8 Å². The molecule has 0 aliphatic carbocycles. The van der Waals surface area contributed by atoms with E-state index in [0.717, 1.165) is 16.5 Å². The number of rotatable bonds is 9. The van der Waals surface area contributed by atoms with E-state index in [1.807, 2.05) is 24.3 Å². The highest BCUT2D eigenvalue weighted by Crippen LogP contribution is 2.43. The van der Waals surface area contributed by atoms with Crippen LogP contribution in [0.2, 0.25) is 0 Å². The number of carbonyl (C=O) groups is 1. The van der Waals surface area contributed by atoms with E-state index in [0.29, 0.717) is 12.1 Å². The fourth-order valence-corrected chi connectivity index (χ4v) is 5.26. The minimum atomic E-state index is -4.49. The molecule has 2 heterocycles. The van der Waals surface area contributed by atoms with E-state index in [2.05, 4.69) is 4.98 Å². The minimum absolute atomic E-state index is 0.0123. The van der Waals surface area contributed by atoms with E-state index in [9.17, 15) is 22.4 Å². The lowest BCUT2D eigenvalue weighted by Gasteiger charge is -2.41. The van der Waals surface area contributed by atoms with Crippen molar-refractivity contribution in [3.8, 4) is 5.75 Å². The number of hydrogen-bond acceptors (Lipinski definition) is 4. The van der Waals surface area contributed by atoms with Gasteiger partial charge in [-0.15, -0.1) is 0 Å². The lowest BCUT2D eigenvalue weighted by molar-refractivity contribution is -0.155. The lowest BCUT2D eigenvalue weighted by atomic mass is 9.88. The first-order valence-electron chi connectivity index (χ1n) is 13.7. The summed E-state index contributed by atoms with van der Waals surface area (Å²) in [5.74, 6) is -0.426. The van der Waals surface area contributed by atoms with Crippen LogP contribution in [0.15, 0.2) is 42.5 Å². The van der Waals surface area contributed by atoms with Gasteiger partial charge >= 0.3 is 12.3 Å². The third kappa shape index (κ3) is 7.49. The Bertz CT molecular complexity index is 1350. The number of para-hydroxylation sites is 1. The van der Waals surface area contributed by atoms with E-state index < -0.39 is 49.0 Å². The van der Waals surface area contributed by atoms with E-state index >= 15 is 4.39 Å². The van der Waals surface area contributed by atoms with Crippen molar-refractivity contribution in [3.63, 3.8) is 0 Å². The van der Waals surface area contributed by atoms with Gasteiger partial charge in [-0.2, -0.15) is 13.2 Å². The maximum atomic E-state index is 15.4. The van der Waals surface area contributed by atoms with Crippen LogP contribution in [0, 0.1) is 5.82 Å². The first-order chi connectivity index (χ1) is 19.3. The first kappa shape index (κ1) is 30.6. The number of carbonyl (C=O) groups excluding carboxylic acids is 1. The molecular formula is C30H36F5N3O3. The lowest BCUT2D eigenvalue weighted by Crippen LogP contribution is -2.47. The molecule has 224 valence electrons. The summed E-state index contributed by atoms with van der Waals surface area (Å²) in [6.07, 6.45) is -4.60. The molecule has 0 spiro atoms. The average molecular weight is 582 g/mol. The Morgan fingerprint density at radius 1 is 1.12 bits per heavy atom. The fraction of sp³-hybridized carbons (Fsp3) is 0.500. The van der Waals surface area contributed by atoms with Crippen LogP contribution in [0.5, 0.6) is 5.75 Å². The monoisotopic (exact) mass is 581 g/mol. The number of nitrogens with one attached hydrogen (secondary N) is 1. The van der Waals surface area contributed by atoms with Gasteiger partial charge < -0.3 is 19.4 Å². The molecule has 1 amide bonds. The van der Waals surface area contributed by atoms with Crippen LogP contribution >= 0.6 is 0 Å². The van der Waals surface area contributed by atoms with E-state index in [-0.39, 0.29) is 37.4 Å².